The Morgan fingerprint density at radius 1 is 1.50 bits per heavy atom. The topological polar surface area (TPSA) is 36.7 Å². The van der Waals surface area contributed by atoms with Gasteiger partial charge in [-0.25, -0.2) is 0 Å². The summed E-state index contributed by atoms with van der Waals surface area (Å²) < 4.78 is 0. The van der Waals surface area contributed by atoms with Crippen molar-refractivity contribution in [1.29, 1.82) is 5.26 Å². The highest BCUT2D eigenvalue weighted by atomic mass is 14.6. The van der Waals surface area contributed by atoms with E-state index in [4.69, 9.17) is 5.26 Å². The molecule has 0 radical (unpaired) electrons. The van der Waals surface area contributed by atoms with Crippen molar-refractivity contribution in [3.8, 4) is 6.07 Å². The van der Waals surface area contributed by atoms with E-state index in [1.54, 1.807) is 12.4 Å². The molecule has 1 rings (SSSR count). The number of aromatic nitrogens is 1. The molecule has 2 heteroatoms. The smallest absolute Gasteiger partial charge is 0.0750 e. The molecule has 0 spiro atoms. The number of pyridine rings is 1. The molecule has 1 aromatic heterocycles. The molecular formula is C10H12N2. The van der Waals surface area contributed by atoms with Crippen LogP contribution in [0.25, 0.3) is 0 Å². The lowest BCUT2D eigenvalue weighted by molar-refractivity contribution is 0.586. The molecule has 0 N–H and O–H groups in total. The van der Waals surface area contributed by atoms with Crippen molar-refractivity contribution in [3.05, 3.63) is 30.1 Å². The second kappa shape index (κ2) is 3.87. The second-order valence-electron chi connectivity index (χ2n) is 3.14. The van der Waals surface area contributed by atoms with Crippen LogP contribution in [0.3, 0.4) is 0 Å². The minimum atomic E-state index is -0.0290. The quantitative estimate of drug-likeness (QED) is 0.665. The van der Waals surface area contributed by atoms with Gasteiger partial charge in [0.05, 0.1) is 12.0 Å². The molecule has 1 heterocycles. The molecule has 0 fully saturated rings. The molecule has 0 aliphatic rings. The fourth-order valence-electron chi connectivity index (χ4n) is 1.17. The normalized spacial score (nSPS) is 12.5. The van der Waals surface area contributed by atoms with Crippen molar-refractivity contribution in [3.63, 3.8) is 0 Å². The largest absolute Gasteiger partial charge is 0.264 e. The van der Waals surface area contributed by atoms with Gasteiger partial charge in [-0.2, -0.15) is 5.26 Å². The summed E-state index contributed by atoms with van der Waals surface area (Å²) >= 11 is 0. The van der Waals surface area contributed by atoms with Gasteiger partial charge in [-0.1, -0.05) is 19.9 Å². The number of rotatable bonds is 2. The van der Waals surface area contributed by atoms with E-state index in [9.17, 15) is 0 Å². The maximum absolute atomic E-state index is 8.87. The fraction of sp³-hybridized carbons (Fsp3) is 0.400. The van der Waals surface area contributed by atoms with Crippen LogP contribution in [0.1, 0.15) is 25.3 Å². The third kappa shape index (κ3) is 1.82. The Bertz CT molecular complexity index is 272. The zero-order valence-corrected chi connectivity index (χ0v) is 7.36. The number of nitrogens with zero attached hydrogens (tertiary/aromatic N) is 2. The molecule has 0 aliphatic heterocycles. The molecule has 1 unspecified atom stereocenters. The third-order valence-corrected chi connectivity index (χ3v) is 1.85. The fourth-order valence-corrected chi connectivity index (χ4v) is 1.17. The molecule has 0 amide bonds. The molecule has 0 saturated carbocycles. The molecular weight excluding hydrogens is 148 g/mol. The van der Waals surface area contributed by atoms with Crippen molar-refractivity contribution >= 4 is 0 Å². The van der Waals surface area contributed by atoms with Gasteiger partial charge in [0.2, 0.25) is 0 Å². The van der Waals surface area contributed by atoms with Crippen LogP contribution in [0.2, 0.25) is 0 Å². The Kier molecular flexibility index (Phi) is 2.82. The summed E-state index contributed by atoms with van der Waals surface area (Å²) in [6.07, 6.45) is 3.48. The van der Waals surface area contributed by atoms with Gasteiger partial charge in [-0.3, -0.25) is 4.98 Å². The maximum Gasteiger partial charge on any atom is 0.0750 e. The second-order valence-corrected chi connectivity index (χ2v) is 3.14. The number of hydrogen-bond donors (Lipinski definition) is 0. The van der Waals surface area contributed by atoms with Crippen molar-refractivity contribution in [1.82, 2.24) is 4.98 Å². The summed E-state index contributed by atoms with van der Waals surface area (Å²) in [5.74, 6) is 0.317. The molecule has 0 aliphatic carbocycles. The van der Waals surface area contributed by atoms with Gasteiger partial charge < -0.3 is 0 Å². The van der Waals surface area contributed by atoms with Gasteiger partial charge >= 0.3 is 0 Å². The predicted molar refractivity (Wildman–Crippen MR) is 47.4 cm³/mol. The van der Waals surface area contributed by atoms with Crippen LogP contribution in [0.5, 0.6) is 0 Å². The van der Waals surface area contributed by atoms with Gasteiger partial charge in [0.1, 0.15) is 0 Å². The van der Waals surface area contributed by atoms with Crippen molar-refractivity contribution in [2.45, 2.75) is 19.8 Å². The Morgan fingerprint density at radius 3 is 2.67 bits per heavy atom. The van der Waals surface area contributed by atoms with E-state index in [-0.39, 0.29) is 5.92 Å². The van der Waals surface area contributed by atoms with Gasteiger partial charge in [0.15, 0.2) is 0 Å². The minimum absolute atomic E-state index is 0.0290. The number of hydrogen-bond acceptors (Lipinski definition) is 2. The first-order valence-electron chi connectivity index (χ1n) is 4.05. The van der Waals surface area contributed by atoms with E-state index < -0.39 is 0 Å². The first-order chi connectivity index (χ1) is 5.75. The SMILES string of the molecule is CC(C)C(C#N)c1cccnc1. The molecule has 0 aromatic carbocycles. The summed E-state index contributed by atoms with van der Waals surface area (Å²) in [6.45, 7) is 4.09. The molecule has 1 atom stereocenters. The zero-order chi connectivity index (χ0) is 8.97. The molecule has 0 bridgehead atoms. The average Bonchev–Trinajstić information content (AvgIpc) is 2.07. The summed E-state index contributed by atoms with van der Waals surface area (Å²) in [4.78, 5) is 3.98. The van der Waals surface area contributed by atoms with Crippen LogP contribution in [-0.4, -0.2) is 4.98 Å². The lowest BCUT2D eigenvalue weighted by atomic mass is 9.91. The minimum Gasteiger partial charge on any atom is -0.264 e. The maximum atomic E-state index is 8.87. The predicted octanol–water partition coefficient (Wildman–Crippen LogP) is 2.34. The van der Waals surface area contributed by atoms with Crippen LogP contribution in [0.15, 0.2) is 24.5 Å². The van der Waals surface area contributed by atoms with Crippen LogP contribution < -0.4 is 0 Å². The lowest BCUT2D eigenvalue weighted by Gasteiger charge is -2.11. The monoisotopic (exact) mass is 160 g/mol. The third-order valence-electron chi connectivity index (χ3n) is 1.85. The highest BCUT2D eigenvalue weighted by Gasteiger charge is 2.13. The van der Waals surface area contributed by atoms with Crippen LogP contribution in [0.4, 0.5) is 0 Å². The van der Waals surface area contributed by atoms with Crippen molar-refractivity contribution in [2.24, 2.45) is 5.92 Å². The summed E-state index contributed by atoms with van der Waals surface area (Å²) in [5.41, 5.74) is 1.01. The van der Waals surface area contributed by atoms with Gasteiger partial charge in [-0.05, 0) is 17.5 Å². The van der Waals surface area contributed by atoms with E-state index in [1.165, 1.54) is 0 Å². The molecule has 1 aromatic rings. The lowest BCUT2D eigenvalue weighted by Crippen LogP contribution is -2.03. The van der Waals surface area contributed by atoms with E-state index in [2.05, 4.69) is 11.1 Å². The standard InChI is InChI=1S/C10H12N2/c1-8(2)10(6-11)9-4-3-5-12-7-9/h3-5,7-8,10H,1-2H3. The van der Waals surface area contributed by atoms with Gasteiger partial charge in [0.25, 0.3) is 0 Å². The summed E-state index contributed by atoms with van der Waals surface area (Å²) in [6, 6.07) is 6.09. The Labute approximate surface area is 72.9 Å². The van der Waals surface area contributed by atoms with E-state index >= 15 is 0 Å². The molecule has 62 valence electrons. The highest BCUT2D eigenvalue weighted by Crippen LogP contribution is 2.21. The van der Waals surface area contributed by atoms with E-state index in [0.717, 1.165) is 5.56 Å². The average molecular weight is 160 g/mol. The first-order valence-corrected chi connectivity index (χ1v) is 4.05. The zero-order valence-electron chi connectivity index (χ0n) is 7.36. The summed E-state index contributed by atoms with van der Waals surface area (Å²) in [5, 5.41) is 8.87. The Balaban J connectivity index is 2.90. The highest BCUT2D eigenvalue weighted by molar-refractivity contribution is 5.21. The number of nitriles is 1. The van der Waals surface area contributed by atoms with Crippen LogP contribution >= 0.6 is 0 Å². The van der Waals surface area contributed by atoms with E-state index in [1.807, 2.05) is 26.0 Å². The van der Waals surface area contributed by atoms with Gasteiger partial charge in [-0.15, -0.1) is 0 Å². The Hall–Kier alpha value is -1.36. The first kappa shape index (κ1) is 8.73. The summed E-state index contributed by atoms with van der Waals surface area (Å²) in [7, 11) is 0. The molecule has 0 saturated heterocycles. The van der Waals surface area contributed by atoms with Crippen LogP contribution in [0, 0.1) is 17.2 Å². The van der Waals surface area contributed by atoms with Gasteiger partial charge in [0, 0.05) is 12.4 Å². The van der Waals surface area contributed by atoms with Crippen molar-refractivity contribution in [2.75, 3.05) is 0 Å². The van der Waals surface area contributed by atoms with E-state index in [0.29, 0.717) is 5.92 Å². The van der Waals surface area contributed by atoms with Crippen molar-refractivity contribution < 1.29 is 0 Å². The van der Waals surface area contributed by atoms with Crippen LogP contribution in [-0.2, 0) is 0 Å². The molecule has 2 nitrogen and oxygen atoms in total. The Morgan fingerprint density at radius 2 is 2.25 bits per heavy atom. The molecule has 12 heavy (non-hydrogen) atoms.